The summed E-state index contributed by atoms with van der Waals surface area (Å²) in [6, 6.07) is 9.91. The topological polar surface area (TPSA) is 6.48 Å². The van der Waals surface area contributed by atoms with Crippen LogP contribution >= 0.6 is 11.6 Å². The Morgan fingerprint density at radius 1 is 0.897 bits per heavy atom. The second kappa shape index (κ2) is 9.29. The molecule has 0 saturated carbocycles. The molecule has 0 aliphatic heterocycles. The van der Waals surface area contributed by atoms with Crippen molar-refractivity contribution in [3.05, 3.63) is 58.1 Å². The minimum atomic E-state index is -4.34. The molecule has 160 valence electrons. The van der Waals surface area contributed by atoms with Gasteiger partial charge in [-0.2, -0.15) is 13.2 Å². The molecule has 0 radical (unpaired) electrons. The number of halogens is 4. The fourth-order valence-electron chi connectivity index (χ4n) is 3.52. The van der Waals surface area contributed by atoms with Gasteiger partial charge < -0.3 is 9.80 Å². The average molecular weight is 427 g/mol. The summed E-state index contributed by atoms with van der Waals surface area (Å²) in [5.74, 6) is 0.379. The number of anilines is 2. The molecule has 2 rings (SSSR count). The molecule has 2 nitrogen and oxygen atoms in total. The van der Waals surface area contributed by atoms with E-state index in [1.54, 1.807) is 6.07 Å². The van der Waals surface area contributed by atoms with E-state index >= 15 is 0 Å². The van der Waals surface area contributed by atoms with Gasteiger partial charge in [0.05, 0.1) is 5.56 Å². The first kappa shape index (κ1) is 23.4. The summed E-state index contributed by atoms with van der Waals surface area (Å²) in [6.45, 7) is 6.79. The van der Waals surface area contributed by atoms with E-state index in [1.807, 2.05) is 63.0 Å². The summed E-state index contributed by atoms with van der Waals surface area (Å²) in [5.41, 5.74) is 3.21. The van der Waals surface area contributed by atoms with E-state index in [0.717, 1.165) is 17.7 Å². The van der Waals surface area contributed by atoms with Crippen LogP contribution in [0.2, 0.25) is 5.02 Å². The van der Waals surface area contributed by atoms with Crippen molar-refractivity contribution in [2.75, 3.05) is 37.5 Å². The number of nitrogens with zero attached hydrogens (tertiary/aromatic N) is 2. The number of alkyl halides is 3. The normalized spacial score (nSPS) is 12.9. The zero-order valence-corrected chi connectivity index (χ0v) is 18.7. The number of hydrogen-bond acceptors (Lipinski definition) is 2. The van der Waals surface area contributed by atoms with Gasteiger partial charge in [-0.25, -0.2) is 0 Å². The zero-order chi connectivity index (χ0) is 21.9. The molecule has 0 aromatic heterocycles. The minimum absolute atomic E-state index is 0.142. The van der Waals surface area contributed by atoms with Crippen LogP contribution in [0.15, 0.2) is 36.4 Å². The molecule has 0 aliphatic rings. The Balaban J connectivity index is 2.24. The van der Waals surface area contributed by atoms with Crippen molar-refractivity contribution in [3.8, 4) is 0 Å². The molecule has 0 heterocycles. The zero-order valence-electron chi connectivity index (χ0n) is 17.9. The highest BCUT2D eigenvalue weighted by Crippen LogP contribution is 2.36. The largest absolute Gasteiger partial charge is 0.416 e. The van der Waals surface area contributed by atoms with E-state index in [-0.39, 0.29) is 11.8 Å². The van der Waals surface area contributed by atoms with E-state index in [0.29, 0.717) is 17.3 Å². The van der Waals surface area contributed by atoms with Crippen LogP contribution in [0.25, 0.3) is 0 Å². The quantitative estimate of drug-likeness (QED) is 0.462. The van der Waals surface area contributed by atoms with Gasteiger partial charge in [0.2, 0.25) is 0 Å². The van der Waals surface area contributed by atoms with Crippen molar-refractivity contribution < 1.29 is 13.2 Å². The molecular weight excluding hydrogens is 397 g/mol. The van der Waals surface area contributed by atoms with Crippen LogP contribution in [0, 0.1) is 0 Å². The molecule has 0 bridgehead atoms. The highest BCUT2D eigenvalue weighted by molar-refractivity contribution is 6.30. The maximum absolute atomic E-state index is 13.2. The fraction of sp³-hybridized carbons (Fsp3) is 0.478. The number of hydrogen-bond donors (Lipinski definition) is 0. The van der Waals surface area contributed by atoms with Crippen molar-refractivity contribution in [1.29, 1.82) is 0 Å². The van der Waals surface area contributed by atoms with Gasteiger partial charge in [-0.05, 0) is 53.6 Å². The maximum atomic E-state index is 13.2. The molecule has 6 heteroatoms. The molecule has 2 aromatic carbocycles. The third-order valence-corrected chi connectivity index (χ3v) is 5.53. The Labute approximate surface area is 177 Å². The first-order valence-electron chi connectivity index (χ1n) is 9.80. The summed E-state index contributed by atoms with van der Waals surface area (Å²) in [5, 5.41) is 0.687. The van der Waals surface area contributed by atoms with Crippen LogP contribution in [0.1, 0.15) is 55.7 Å². The van der Waals surface area contributed by atoms with Crippen molar-refractivity contribution in [2.45, 2.75) is 45.2 Å². The highest BCUT2D eigenvalue weighted by atomic mass is 35.5. The predicted octanol–water partition coefficient (Wildman–Crippen LogP) is 7.18. The van der Waals surface area contributed by atoms with Gasteiger partial charge in [0.25, 0.3) is 0 Å². The second-order valence-electron chi connectivity index (χ2n) is 8.13. The third kappa shape index (κ3) is 5.81. The van der Waals surface area contributed by atoms with Crippen molar-refractivity contribution >= 4 is 23.0 Å². The maximum Gasteiger partial charge on any atom is 0.416 e. The summed E-state index contributed by atoms with van der Waals surface area (Å²) < 4.78 is 39.7. The van der Waals surface area contributed by atoms with E-state index in [9.17, 15) is 13.2 Å². The first-order chi connectivity index (χ1) is 13.4. The van der Waals surface area contributed by atoms with Crippen LogP contribution in [0.5, 0.6) is 0 Å². The molecule has 29 heavy (non-hydrogen) atoms. The summed E-state index contributed by atoms with van der Waals surface area (Å²) in [4.78, 5) is 3.97. The van der Waals surface area contributed by atoms with E-state index in [1.165, 1.54) is 17.7 Å². The first-order valence-corrected chi connectivity index (χ1v) is 10.2. The summed E-state index contributed by atoms with van der Waals surface area (Å²) in [6.07, 6.45) is -3.53. The summed E-state index contributed by atoms with van der Waals surface area (Å²) >= 11 is 6.14. The predicted molar refractivity (Wildman–Crippen MR) is 118 cm³/mol. The van der Waals surface area contributed by atoms with Crippen LogP contribution in [-0.2, 0) is 6.18 Å². The number of benzene rings is 2. The molecule has 1 unspecified atom stereocenters. The number of rotatable bonds is 7. The monoisotopic (exact) mass is 426 g/mol. The molecule has 0 aliphatic carbocycles. The van der Waals surface area contributed by atoms with Crippen LogP contribution in [0.4, 0.5) is 24.5 Å². The van der Waals surface area contributed by atoms with Crippen molar-refractivity contribution in [2.24, 2.45) is 0 Å². The molecule has 0 N–H and O–H groups in total. The lowest BCUT2D eigenvalue weighted by Gasteiger charge is -2.28. The van der Waals surface area contributed by atoms with Gasteiger partial charge in [0.1, 0.15) is 0 Å². The molecular formula is C23H30ClF3N2. The van der Waals surface area contributed by atoms with Crippen LogP contribution in [-0.4, -0.2) is 27.7 Å². The SMILES string of the molecule is CC(C)c1ccc(C(F)(F)F)cc1N(C)CCC(C)c1ccc(Cl)cc1N(C)C. The fourth-order valence-corrected chi connectivity index (χ4v) is 3.69. The van der Waals surface area contributed by atoms with Gasteiger partial charge in [0, 0.05) is 44.1 Å². The molecule has 0 saturated heterocycles. The lowest BCUT2D eigenvalue weighted by atomic mass is 9.94. The Morgan fingerprint density at radius 2 is 1.52 bits per heavy atom. The van der Waals surface area contributed by atoms with Gasteiger partial charge >= 0.3 is 6.18 Å². The average Bonchev–Trinajstić information content (AvgIpc) is 2.64. The van der Waals surface area contributed by atoms with Crippen LogP contribution in [0.3, 0.4) is 0 Å². The molecule has 0 amide bonds. The smallest absolute Gasteiger partial charge is 0.377 e. The second-order valence-corrected chi connectivity index (χ2v) is 8.57. The minimum Gasteiger partial charge on any atom is -0.377 e. The highest BCUT2D eigenvalue weighted by Gasteiger charge is 2.31. The molecule has 2 aromatic rings. The summed E-state index contributed by atoms with van der Waals surface area (Å²) in [7, 11) is 5.82. The Kier molecular flexibility index (Phi) is 7.50. The lowest BCUT2D eigenvalue weighted by molar-refractivity contribution is -0.137. The van der Waals surface area contributed by atoms with Gasteiger partial charge in [-0.3, -0.25) is 0 Å². The van der Waals surface area contributed by atoms with E-state index in [4.69, 9.17) is 11.6 Å². The lowest BCUT2D eigenvalue weighted by Crippen LogP contribution is -2.23. The Hall–Kier alpha value is -1.88. The van der Waals surface area contributed by atoms with Crippen LogP contribution < -0.4 is 9.80 Å². The standard InChI is InChI=1S/C23H30ClF3N2/c1-15(2)19-9-7-17(23(25,26)27)13-22(19)29(6)12-11-16(3)20-10-8-18(24)14-21(20)28(4)5/h7-10,13-16H,11-12H2,1-6H3. The Morgan fingerprint density at radius 3 is 2.07 bits per heavy atom. The molecule has 0 spiro atoms. The van der Waals surface area contributed by atoms with E-state index < -0.39 is 11.7 Å². The van der Waals surface area contributed by atoms with Crippen molar-refractivity contribution in [3.63, 3.8) is 0 Å². The van der Waals surface area contributed by atoms with E-state index in [2.05, 4.69) is 6.92 Å². The van der Waals surface area contributed by atoms with Gasteiger partial charge in [-0.1, -0.05) is 44.5 Å². The Bertz CT molecular complexity index is 831. The van der Waals surface area contributed by atoms with Gasteiger partial charge in [0.15, 0.2) is 0 Å². The van der Waals surface area contributed by atoms with Gasteiger partial charge in [-0.15, -0.1) is 0 Å². The third-order valence-electron chi connectivity index (χ3n) is 5.29. The van der Waals surface area contributed by atoms with Crippen molar-refractivity contribution in [1.82, 2.24) is 0 Å². The molecule has 0 fully saturated rings. The molecule has 1 atom stereocenters.